The van der Waals surface area contributed by atoms with E-state index >= 15 is 0 Å². The van der Waals surface area contributed by atoms with Crippen molar-refractivity contribution in [1.29, 1.82) is 5.26 Å². The second-order valence-corrected chi connectivity index (χ2v) is 8.48. The third-order valence-electron chi connectivity index (χ3n) is 6.42. The Labute approximate surface area is 167 Å². The van der Waals surface area contributed by atoms with Gasteiger partial charge in [0.1, 0.15) is 5.82 Å². The molecule has 0 aromatic heterocycles. The lowest BCUT2D eigenvalue weighted by atomic mass is 9.75. The van der Waals surface area contributed by atoms with E-state index in [1.165, 1.54) is 18.1 Å². The summed E-state index contributed by atoms with van der Waals surface area (Å²) in [5.41, 5.74) is 2.51. The van der Waals surface area contributed by atoms with Gasteiger partial charge in [0.2, 0.25) is 0 Å². The average molecular weight is 378 g/mol. The lowest BCUT2D eigenvalue weighted by Crippen LogP contribution is -2.45. The largest absolute Gasteiger partial charge is 0.313 e. The van der Waals surface area contributed by atoms with Gasteiger partial charge in [0, 0.05) is 31.5 Å². The molecule has 0 bridgehead atoms. The summed E-state index contributed by atoms with van der Waals surface area (Å²) in [7, 11) is 0. The van der Waals surface area contributed by atoms with Crippen LogP contribution in [0.3, 0.4) is 0 Å². The first-order valence-electron chi connectivity index (χ1n) is 10.3. The fourth-order valence-corrected chi connectivity index (χ4v) is 4.50. The van der Waals surface area contributed by atoms with E-state index in [4.69, 9.17) is 0 Å². The van der Waals surface area contributed by atoms with E-state index in [1.807, 2.05) is 6.07 Å². The van der Waals surface area contributed by atoms with E-state index < -0.39 is 0 Å². The normalized spacial score (nSPS) is 23.9. The lowest BCUT2D eigenvalue weighted by molar-refractivity contribution is 0.0996. The molecule has 2 fully saturated rings. The highest BCUT2D eigenvalue weighted by Crippen LogP contribution is 2.42. The van der Waals surface area contributed by atoms with Gasteiger partial charge in [0.25, 0.3) is 0 Å². The SMILES string of the molecule is N#CCC1(CN[C@@H]2C[C@H]2c2ccccc2)CCN(Cc2cccc(F)c2)CC1. The van der Waals surface area contributed by atoms with Crippen molar-refractivity contribution in [3.8, 4) is 6.07 Å². The van der Waals surface area contributed by atoms with Crippen molar-refractivity contribution in [2.75, 3.05) is 19.6 Å². The van der Waals surface area contributed by atoms with Crippen LogP contribution < -0.4 is 5.32 Å². The van der Waals surface area contributed by atoms with Crippen molar-refractivity contribution in [1.82, 2.24) is 10.2 Å². The van der Waals surface area contributed by atoms with Gasteiger partial charge in [-0.15, -0.1) is 0 Å². The number of hydrogen-bond donors (Lipinski definition) is 1. The number of halogens is 1. The molecule has 28 heavy (non-hydrogen) atoms. The van der Waals surface area contributed by atoms with Crippen molar-refractivity contribution < 1.29 is 4.39 Å². The standard InChI is InChI=1S/C24H28FN3/c25-21-8-4-5-19(15-21)17-28-13-10-24(9-12-26,11-14-28)18-27-23-16-22(23)20-6-2-1-3-7-20/h1-8,15,22-23,27H,9-11,13-14,16-18H2/t22-,23+/m0/s1. The average Bonchev–Trinajstić information content (AvgIpc) is 3.49. The van der Waals surface area contributed by atoms with E-state index in [2.05, 4.69) is 46.6 Å². The second-order valence-electron chi connectivity index (χ2n) is 8.48. The van der Waals surface area contributed by atoms with Crippen LogP contribution in [0.4, 0.5) is 4.39 Å². The summed E-state index contributed by atoms with van der Waals surface area (Å²) in [6, 6.07) is 20.5. The van der Waals surface area contributed by atoms with Crippen LogP contribution in [-0.2, 0) is 6.54 Å². The first-order valence-corrected chi connectivity index (χ1v) is 10.3. The van der Waals surface area contributed by atoms with Crippen molar-refractivity contribution in [2.24, 2.45) is 5.41 Å². The Kier molecular flexibility index (Phi) is 5.75. The minimum Gasteiger partial charge on any atom is -0.313 e. The van der Waals surface area contributed by atoms with Crippen LogP contribution in [0.1, 0.15) is 42.7 Å². The van der Waals surface area contributed by atoms with Crippen molar-refractivity contribution in [3.63, 3.8) is 0 Å². The van der Waals surface area contributed by atoms with E-state index in [1.54, 1.807) is 12.1 Å². The van der Waals surface area contributed by atoms with E-state index in [0.717, 1.165) is 44.6 Å². The topological polar surface area (TPSA) is 39.1 Å². The maximum absolute atomic E-state index is 13.4. The molecule has 1 saturated heterocycles. The van der Waals surface area contributed by atoms with Crippen LogP contribution in [0.15, 0.2) is 54.6 Å². The lowest BCUT2D eigenvalue weighted by Gasteiger charge is -2.41. The second kappa shape index (κ2) is 8.43. The summed E-state index contributed by atoms with van der Waals surface area (Å²) in [6.45, 7) is 3.63. The molecule has 0 radical (unpaired) electrons. The minimum absolute atomic E-state index is 0.0665. The van der Waals surface area contributed by atoms with E-state index in [-0.39, 0.29) is 11.2 Å². The Morgan fingerprint density at radius 2 is 1.89 bits per heavy atom. The minimum atomic E-state index is -0.171. The van der Waals surface area contributed by atoms with Gasteiger partial charge < -0.3 is 5.32 Å². The molecule has 1 heterocycles. The Morgan fingerprint density at radius 1 is 1.11 bits per heavy atom. The maximum atomic E-state index is 13.4. The monoisotopic (exact) mass is 377 g/mol. The summed E-state index contributed by atoms with van der Waals surface area (Å²) in [5, 5.41) is 13.1. The summed E-state index contributed by atoms with van der Waals surface area (Å²) in [4.78, 5) is 2.38. The molecule has 1 N–H and O–H groups in total. The zero-order valence-electron chi connectivity index (χ0n) is 16.3. The highest BCUT2D eigenvalue weighted by Gasteiger charge is 2.41. The van der Waals surface area contributed by atoms with Crippen molar-refractivity contribution in [2.45, 2.75) is 44.2 Å². The third-order valence-corrected chi connectivity index (χ3v) is 6.42. The van der Waals surface area contributed by atoms with Crippen LogP contribution >= 0.6 is 0 Å². The van der Waals surface area contributed by atoms with E-state index in [0.29, 0.717) is 18.4 Å². The Balaban J connectivity index is 1.29. The Morgan fingerprint density at radius 3 is 2.61 bits per heavy atom. The number of hydrogen-bond acceptors (Lipinski definition) is 3. The van der Waals surface area contributed by atoms with Crippen LogP contribution in [0.25, 0.3) is 0 Å². The molecule has 2 aromatic rings. The van der Waals surface area contributed by atoms with Gasteiger partial charge in [-0.1, -0.05) is 42.5 Å². The van der Waals surface area contributed by atoms with Crippen LogP contribution in [0, 0.1) is 22.6 Å². The highest BCUT2D eigenvalue weighted by atomic mass is 19.1. The van der Waals surface area contributed by atoms with Gasteiger partial charge >= 0.3 is 0 Å². The zero-order chi connectivity index (χ0) is 19.4. The molecule has 4 rings (SSSR count). The Bertz CT molecular complexity index is 821. The third kappa shape index (κ3) is 4.60. The number of likely N-dealkylation sites (tertiary alicyclic amines) is 1. The molecule has 2 atom stereocenters. The quantitative estimate of drug-likeness (QED) is 0.774. The number of rotatable bonds is 7. The number of nitriles is 1. The molecule has 3 nitrogen and oxygen atoms in total. The first kappa shape index (κ1) is 19.1. The molecule has 1 aliphatic carbocycles. The predicted molar refractivity (Wildman–Crippen MR) is 109 cm³/mol. The number of nitrogens with zero attached hydrogens (tertiary/aromatic N) is 2. The molecule has 4 heteroatoms. The highest BCUT2D eigenvalue weighted by molar-refractivity contribution is 5.27. The van der Waals surface area contributed by atoms with Crippen molar-refractivity contribution in [3.05, 3.63) is 71.5 Å². The van der Waals surface area contributed by atoms with Gasteiger partial charge in [-0.05, 0) is 61.0 Å². The molecule has 0 unspecified atom stereocenters. The molecule has 1 saturated carbocycles. The Hall–Kier alpha value is -2.22. The van der Waals surface area contributed by atoms with Crippen LogP contribution in [0.5, 0.6) is 0 Å². The smallest absolute Gasteiger partial charge is 0.123 e. The summed E-state index contributed by atoms with van der Waals surface area (Å²) in [6.07, 6.45) is 3.84. The molecule has 0 amide bonds. The molecule has 2 aliphatic rings. The molecule has 0 spiro atoms. The number of benzene rings is 2. The van der Waals surface area contributed by atoms with Gasteiger partial charge in [-0.3, -0.25) is 4.90 Å². The van der Waals surface area contributed by atoms with Gasteiger partial charge in [-0.2, -0.15) is 5.26 Å². The fourth-order valence-electron chi connectivity index (χ4n) is 4.50. The summed E-state index contributed by atoms with van der Waals surface area (Å²) < 4.78 is 13.4. The van der Waals surface area contributed by atoms with Gasteiger partial charge in [0.15, 0.2) is 0 Å². The summed E-state index contributed by atoms with van der Waals surface area (Å²) >= 11 is 0. The first-order chi connectivity index (χ1) is 13.7. The van der Waals surface area contributed by atoms with Gasteiger partial charge in [-0.25, -0.2) is 4.39 Å². The van der Waals surface area contributed by atoms with Crippen LogP contribution in [0.2, 0.25) is 0 Å². The molecular weight excluding hydrogens is 349 g/mol. The molecule has 146 valence electrons. The molecular formula is C24H28FN3. The number of piperidine rings is 1. The maximum Gasteiger partial charge on any atom is 0.123 e. The predicted octanol–water partition coefficient (Wildman–Crippen LogP) is 4.47. The van der Waals surface area contributed by atoms with Crippen LogP contribution in [-0.4, -0.2) is 30.6 Å². The molecule has 2 aromatic carbocycles. The molecule has 1 aliphatic heterocycles. The summed E-state index contributed by atoms with van der Waals surface area (Å²) in [5.74, 6) is 0.448. The fraction of sp³-hybridized carbons (Fsp3) is 0.458. The van der Waals surface area contributed by atoms with E-state index in [9.17, 15) is 9.65 Å². The number of nitrogens with one attached hydrogen (secondary N) is 1. The van der Waals surface area contributed by atoms with Gasteiger partial charge in [0.05, 0.1) is 6.07 Å². The van der Waals surface area contributed by atoms with Crippen molar-refractivity contribution >= 4 is 0 Å². The zero-order valence-corrected chi connectivity index (χ0v) is 16.3.